The molecule has 0 aliphatic carbocycles. The monoisotopic (exact) mass is 518 g/mol. The highest BCUT2D eigenvalue weighted by Gasteiger charge is 2.34. The molecule has 0 fully saturated rings. The maximum atomic E-state index is 15.0. The number of ether oxygens (including phenoxy) is 1. The van der Waals surface area contributed by atoms with Gasteiger partial charge < -0.3 is 4.74 Å². The fraction of sp³-hybridized carbons (Fsp3) is 0.485. The number of nitrogens with zero attached hydrogens (tertiary/aromatic N) is 2. The lowest BCUT2D eigenvalue weighted by Crippen LogP contribution is -2.34. The second-order valence-electron chi connectivity index (χ2n) is 10.4. The number of alkyl halides is 1. The van der Waals surface area contributed by atoms with Gasteiger partial charge in [0.2, 0.25) is 5.67 Å². The molecule has 3 aromatic rings. The molecule has 0 bridgehead atoms. The first-order valence-corrected chi connectivity index (χ1v) is 14.4. The Hall–Kier alpha value is -3.08. The third-order valence-corrected chi connectivity index (χ3v) is 6.99. The molecular formula is C33H43FN2O2. The fourth-order valence-corrected chi connectivity index (χ4v) is 4.54. The van der Waals surface area contributed by atoms with Gasteiger partial charge in [0.15, 0.2) is 5.82 Å². The number of hydrogen-bond acceptors (Lipinski definition) is 4. The highest BCUT2D eigenvalue weighted by molar-refractivity contribution is 5.82. The molecule has 0 aliphatic rings. The van der Waals surface area contributed by atoms with E-state index in [0.29, 0.717) is 18.0 Å². The van der Waals surface area contributed by atoms with Crippen molar-refractivity contribution < 1.29 is 13.9 Å². The molecule has 5 heteroatoms. The molecule has 1 aromatic heterocycles. The summed E-state index contributed by atoms with van der Waals surface area (Å²) in [6.07, 6.45) is 16.2. The summed E-state index contributed by atoms with van der Waals surface area (Å²) in [4.78, 5) is 21.8. The quantitative estimate of drug-likeness (QED) is 0.108. The van der Waals surface area contributed by atoms with Crippen molar-refractivity contribution in [3.63, 3.8) is 0 Å². The molecule has 1 heterocycles. The Bertz CT molecular complexity index is 1110. The lowest BCUT2D eigenvalue weighted by atomic mass is 9.98. The molecule has 0 amide bonds. The number of esters is 1. The van der Waals surface area contributed by atoms with E-state index in [-0.39, 0.29) is 6.42 Å². The van der Waals surface area contributed by atoms with Crippen LogP contribution in [0.15, 0.2) is 60.9 Å². The van der Waals surface area contributed by atoms with Gasteiger partial charge in [-0.2, -0.15) is 0 Å². The number of unbranched alkanes of at least 4 members (excludes halogenated alkanes) is 8. The number of carbonyl (C=O) groups is 1. The van der Waals surface area contributed by atoms with Crippen molar-refractivity contribution in [2.24, 2.45) is 0 Å². The minimum Gasteiger partial charge on any atom is -0.424 e. The summed E-state index contributed by atoms with van der Waals surface area (Å²) in [5.74, 6) is 0.184. The zero-order valence-electron chi connectivity index (χ0n) is 23.3. The average Bonchev–Trinajstić information content (AvgIpc) is 2.94. The van der Waals surface area contributed by atoms with Crippen LogP contribution in [-0.4, -0.2) is 21.6 Å². The Morgan fingerprint density at radius 1 is 0.789 bits per heavy atom. The lowest BCUT2D eigenvalue weighted by Gasteiger charge is -2.18. The first-order chi connectivity index (χ1) is 18.4. The maximum absolute atomic E-state index is 15.0. The third kappa shape index (κ3) is 9.04. The van der Waals surface area contributed by atoms with Crippen LogP contribution in [0.4, 0.5) is 4.39 Å². The smallest absolute Gasteiger partial charge is 0.348 e. The highest BCUT2D eigenvalue weighted by atomic mass is 19.1. The van der Waals surface area contributed by atoms with Crippen molar-refractivity contribution in [3.8, 4) is 28.3 Å². The SMILES string of the molecule is CCCCCCCCCCC(C)(F)C(=O)Oc1ccc(-c2ccccc2-c2ncc(CCCC)cn2)cc1. The van der Waals surface area contributed by atoms with Gasteiger partial charge in [-0.05, 0) is 61.4 Å². The Balaban J connectivity index is 1.57. The predicted octanol–water partition coefficient (Wildman–Crippen LogP) is 9.32. The molecule has 1 atom stereocenters. The zero-order valence-corrected chi connectivity index (χ0v) is 23.3. The van der Waals surface area contributed by atoms with Gasteiger partial charge in [0.25, 0.3) is 0 Å². The summed E-state index contributed by atoms with van der Waals surface area (Å²) in [5.41, 5.74) is 2.01. The Kier molecular flexibility index (Phi) is 11.9. The van der Waals surface area contributed by atoms with Crippen LogP contribution in [-0.2, 0) is 11.2 Å². The second kappa shape index (κ2) is 15.4. The van der Waals surface area contributed by atoms with E-state index in [4.69, 9.17) is 4.74 Å². The normalized spacial score (nSPS) is 12.7. The van der Waals surface area contributed by atoms with E-state index in [9.17, 15) is 4.79 Å². The Morgan fingerprint density at radius 2 is 1.37 bits per heavy atom. The second-order valence-corrected chi connectivity index (χ2v) is 10.4. The number of carbonyl (C=O) groups excluding carboxylic acids is 1. The number of benzene rings is 2. The van der Waals surface area contributed by atoms with E-state index in [1.807, 2.05) is 48.8 Å². The van der Waals surface area contributed by atoms with E-state index in [1.54, 1.807) is 12.1 Å². The topological polar surface area (TPSA) is 52.1 Å². The van der Waals surface area contributed by atoms with E-state index >= 15 is 4.39 Å². The molecule has 0 radical (unpaired) electrons. The molecule has 1 unspecified atom stereocenters. The summed E-state index contributed by atoms with van der Waals surface area (Å²) in [6.45, 7) is 5.71. The van der Waals surface area contributed by atoms with E-state index in [1.165, 1.54) is 39.0 Å². The van der Waals surface area contributed by atoms with Crippen LogP contribution in [0.2, 0.25) is 0 Å². The summed E-state index contributed by atoms with van der Waals surface area (Å²) in [7, 11) is 0. The van der Waals surface area contributed by atoms with Gasteiger partial charge in [-0.25, -0.2) is 19.2 Å². The summed E-state index contributed by atoms with van der Waals surface area (Å²) in [6, 6.07) is 15.2. The lowest BCUT2D eigenvalue weighted by molar-refractivity contribution is -0.147. The van der Waals surface area contributed by atoms with Crippen molar-refractivity contribution in [1.29, 1.82) is 0 Å². The predicted molar refractivity (Wildman–Crippen MR) is 154 cm³/mol. The van der Waals surface area contributed by atoms with Gasteiger partial charge >= 0.3 is 5.97 Å². The standard InChI is InChI=1S/C33H43FN2O2/c1-4-6-8-9-10-11-12-15-23-33(3,34)32(37)38-28-21-19-27(20-22-28)29-17-13-14-18-30(29)31-35-24-26(25-36-31)16-7-5-2/h13-14,17-22,24-25H,4-12,15-16,23H2,1-3H3. The van der Waals surface area contributed by atoms with Crippen LogP contribution in [0.25, 0.3) is 22.5 Å². The molecule has 0 saturated heterocycles. The van der Waals surface area contributed by atoms with E-state index < -0.39 is 11.6 Å². The van der Waals surface area contributed by atoms with Crippen LogP contribution in [0.1, 0.15) is 97.0 Å². The van der Waals surface area contributed by atoms with Crippen LogP contribution in [0, 0.1) is 0 Å². The molecule has 0 saturated carbocycles. The van der Waals surface area contributed by atoms with Crippen LogP contribution < -0.4 is 4.74 Å². The fourth-order valence-electron chi connectivity index (χ4n) is 4.54. The molecule has 0 spiro atoms. The van der Waals surface area contributed by atoms with Crippen LogP contribution in [0.3, 0.4) is 0 Å². The van der Waals surface area contributed by atoms with Crippen molar-refractivity contribution in [2.45, 2.75) is 103 Å². The van der Waals surface area contributed by atoms with Crippen molar-refractivity contribution in [3.05, 3.63) is 66.5 Å². The summed E-state index contributed by atoms with van der Waals surface area (Å²) < 4.78 is 20.5. The Morgan fingerprint density at radius 3 is 2.00 bits per heavy atom. The van der Waals surface area contributed by atoms with Gasteiger partial charge in [0, 0.05) is 18.0 Å². The maximum Gasteiger partial charge on any atom is 0.348 e. The molecular weight excluding hydrogens is 475 g/mol. The zero-order chi connectivity index (χ0) is 27.2. The molecule has 0 N–H and O–H groups in total. The molecule has 2 aromatic carbocycles. The van der Waals surface area contributed by atoms with Crippen molar-refractivity contribution in [2.75, 3.05) is 0 Å². The molecule has 38 heavy (non-hydrogen) atoms. The van der Waals surface area contributed by atoms with Gasteiger partial charge in [-0.3, -0.25) is 0 Å². The van der Waals surface area contributed by atoms with Gasteiger partial charge in [-0.15, -0.1) is 0 Å². The number of halogens is 1. The first-order valence-electron chi connectivity index (χ1n) is 14.4. The number of aromatic nitrogens is 2. The third-order valence-electron chi connectivity index (χ3n) is 6.99. The summed E-state index contributed by atoms with van der Waals surface area (Å²) >= 11 is 0. The van der Waals surface area contributed by atoms with Gasteiger partial charge in [0.1, 0.15) is 5.75 Å². The van der Waals surface area contributed by atoms with E-state index in [0.717, 1.165) is 54.4 Å². The van der Waals surface area contributed by atoms with Crippen molar-refractivity contribution >= 4 is 5.97 Å². The van der Waals surface area contributed by atoms with Crippen LogP contribution >= 0.6 is 0 Å². The molecule has 4 nitrogen and oxygen atoms in total. The summed E-state index contributed by atoms with van der Waals surface area (Å²) in [5, 5.41) is 0. The average molecular weight is 519 g/mol. The number of hydrogen-bond donors (Lipinski definition) is 0. The minimum atomic E-state index is -1.99. The minimum absolute atomic E-state index is 0.184. The van der Waals surface area contributed by atoms with Gasteiger partial charge in [-0.1, -0.05) is 102 Å². The number of aryl methyl sites for hydroxylation is 1. The number of rotatable bonds is 16. The largest absolute Gasteiger partial charge is 0.424 e. The van der Waals surface area contributed by atoms with E-state index in [2.05, 4.69) is 23.8 Å². The van der Waals surface area contributed by atoms with Gasteiger partial charge in [0.05, 0.1) is 0 Å². The molecule has 0 aliphatic heterocycles. The molecule has 204 valence electrons. The highest BCUT2D eigenvalue weighted by Crippen LogP contribution is 2.32. The first kappa shape index (κ1) is 29.5. The van der Waals surface area contributed by atoms with Crippen LogP contribution in [0.5, 0.6) is 5.75 Å². The Labute approximate surface area is 228 Å². The molecule has 3 rings (SSSR count). The van der Waals surface area contributed by atoms with Crippen molar-refractivity contribution in [1.82, 2.24) is 9.97 Å².